The molecule has 2 atom stereocenters. The van der Waals surface area contributed by atoms with Crippen LogP contribution in [0.3, 0.4) is 0 Å². The predicted octanol–water partition coefficient (Wildman–Crippen LogP) is 6.63. The van der Waals surface area contributed by atoms with E-state index in [1.54, 1.807) is 13.8 Å². The van der Waals surface area contributed by atoms with Gasteiger partial charge in [-0.2, -0.15) is 0 Å². The Labute approximate surface area is 275 Å². The number of aliphatic hydroxyl groups excluding tert-OH is 2. The number of fused-ring (bicyclic) bond motifs is 8. The molecule has 240 valence electrons. The fourth-order valence-corrected chi connectivity index (χ4v) is 6.32. The molecule has 3 aromatic heterocycles. The van der Waals surface area contributed by atoms with Gasteiger partial charge in [0.2, 0.25) is 0 Å². The molecule has 0 spiro atoms. The maximum atomic E-state index is 11.6. The van der Waals surface area contributed by atoms with Crippen LogP contribution in [0.1, 0.15) is 111 Å². The van der Waals surface area contributed by atoms with Crippen LogP contribution in [0.25, 0.3) is 44.4 Å². The fraction of sp³-hybridized carbons (Fsp3) is 0.353. The largest absolute Gasteiger partial charge is 0.481 e. The van der Waals surface area contributed by atoms with Gasteiger partial charge in [-0.05, 0) is 112 Å². The number of aliphatic hydroxyl groups is 2. The Morgan fingerprint density at radius 2 is 1.02 bits per heavy atom. The van der Waals surface area contributed by atoms with Gasteiger partial charge in [0, 0.05) is 67.1 Å². The standard InChI is InChI=1S/C34H38N4O6.Pt/c1-15-21(7-9-31(41)42)27-14-28-22(8-10-32(43)44)16(2)24(36-28)12-29-34(20(6)40)18(4)26(38-29)13-30-33(19(5)39)17(3)25(37-30)11-23(15)35-27;/h11-14,19-20,37-40H,7-10H2,1-6H3,(H,41,42)(H,43,44);. The summed E-state index contributed by atoms with van der Waals surface area (Å²) in [5.74, 6) is -1.84. The monoisotopic (exact) mass is 793 g/mol. The number of allylic oxidation sites excluding steroid dienone is 4. The molecule has 0 aromatic carbocycles. The number of carboxylic acid groups (broad SMARTS) is 2. The van der Waals surface area contributed by atoms with Gasteiger partial charge in [-0.1, -0.05) is 0 Å². The van der Waals surface area contributed by atoms with Crippen molar-refractivity contribution in [3.05, 3.63) is 69.3 Å². The molecule has 0 aliphatic carbocycles. The van der Waals surface area contributed by atoms with Crippen molar-refractivity contribution >= 4 is 56.3 Å². The molecule has 0 radical (unpaired) electrons. The molecule has 2 aliphatic heterocycles. The normalized spacial score (nSPS) is 14.4. The van der Waals surface area contributed by atoms with Crippen LogP contribution in [-0.2, 0) is 30.7 Å². The number of aliphatic carboxylic acids is 2. The first-order valence-corrected chi connectivity index (χ1v) is 14.7. The van der Waals surface area contributed by atoms with Crippen molar-refractivity contribution in [1.29, 1.82) is 0 Å². The van der Waals surface area contributed by atoms with Gasteiger partial charge in [0.1, 0.15) is 0 Å². The average Bonchev–Trinajstić information content (AvgIpc) is 3.59. The summed E-state index contributed by atoms with van der Waals surface area (Å²) < 4.78 is 0. The Morgan fingerprint density at radius 3 is 1.42 bits per heavy atom. The number of hydrogen-bond acceptors (Lipinski definition) is 6. The first-order chi connectivity index (χ1) is 20.8. The minimum Gasteiger partial charge on any atom is -0.481 e. The van der Waals surface area contributed by atoms with Crippen molar-refractivity contribution in [2.75, 3.05) is 0 Å². The van der Waals surface area contributed by atoms with Gasteiger partial charge in [0.05, 0.1) is 35.0 Å². The van der Waals surface area contributed by atoms with E-state index in [-0.39, 0.29) is 46.7 Å². The number of aromatic nitrogens is 4. The van der Waals surface area contributed by atoms with E-state index in [1.165, 1.54) is 0 Å². The summed E-state index contributed by atoms with van der Waals surface area (Å²) >= 11 is 0. The van der Waals surface area contributed by atoms with Crippen LogP contribution in [0, 0.1) is 13.8 Å². The molecular weight excluding hydrogens is 755 g/mol. The Bertz CT molecular complexity index is 1930. The number of carboxylic acids is 2. The van der Waals surface area contributed by atoms with E-state index >= 15 is 0 Å². The molecule has 11 heteroatoms. The zero-order valence-electron chi connectivity index (χ0n) is 26.1. The molecule has 0 saturated heterocycles. The quantitative estimate of drug-likeness (QED) is 0.148. The second-order valence-electron chi connectivity index (χ2n) is 11.7. The number of carbonyl (C=O) groups is 2. The van der Waals surface area contributed by atoms with E-state index in [0.29, 0.717) is 39.4 Å². The first-order valence-electron chi connectivity index (χ1n) is 14.7. The second-order valence-corrected chi connectivity index (χ2v) is 11.7. The minimum atomic E-state index is -0.921. The van der Waals surface area contributed by atoms with Crippen LogP contribution in [0.4, 0.5) is 0 Å². The third kappa shape index (κ3) is 6.59. The number of hydrogen-bond donors (Lipinski definition) is 6. The Morgan fingerprint density at radius 1 is 0.644 bits per heavy atom. The second kappa shape index (κ2) is 13.2. The molecule has 6 N–H and O–H groups in total. The van der Waals surface area contributed by atoms with Gasteiger partial charge in [0.25, 0.3) is 0 Å². The van der Waals surface area contributed by atoms with Gasteiger partial charge in [-0.25, -0.2) is 9.97 Å². The Balaban J connectivity index is 0.00000461. The van der Waals surface area contributed by atoms with Crippen LogP contribution in [-0.4, -0.2) is 52.3 Å². The SMILES string of the molecule is CC1=C(CCC(=O)O)c2cc3nc(cc4[nH]c(cc5[nH]c(cc1n2)c(C)c5C(C)O)c(C)c4C(C)O)C(C)=C3CCC(=O)O.[Pt]. The molecule has 2 unspecified atom stereocenters. The molecule has 45 heavy (non-hydrogen) atoms. The molecule has 3 aromatic rings. The van der Waals surface area contributed by atoms with Crippen molar-refractivity contribution in [2.24, 2.45) is 0 Å². The summed E-state index contributed by atoms with van der Waals surface area (Å²) in [6, 6.07) is 7.51. The van der Waals surface area contributed by atoms with Gasteiger partial charge < -0.3 is 30.4 Å². The van der Waals surface area contributed by atoms with E-state index in [2.05, 4.69) is 9.97 Å². The molecule has 5 rings (SSSR count). The summed E-state index contributed by atoms with van der Waals surface area (Å²) in [6.45, 7) is 11.1. The number of nitrogens with zero attached hydrogens (tertiary/aromatic N) is 2. The van der Waals surface area contributed by atoms with Crippen molar-refractivity contribution in [3.63, 3.8) is 0 Å². The smallest absolute Gasteiger partial charge is 0.303 e. The van der Waals surface area contributed by atoms with E-state index in [0.717, 1.165) is 50.0 Å². The molecular formula is C34H38N4O6Pt. The van der Waals surface area contributed by atoms with Crippen molar-refractivity contribution in [2.45, 2.75) is 79.4 Å². The first kappa shape index (κ1) is 34.0. The van der Waals surface area contributed by atoms with Crippen LogP contribution >= 0.6 is 0 Å². The minimum absolute atomic E-state index is 0. The third-order valence-corrected chi connectivity index (χ3v) is 8.65. The van der Waals surface area contributed by atoms with Crippen LogP contribution in [0.5, 0.6) is 0 Å². The maximum Gasteiger partial charge on any atom is 0.303 e. The van der Waals surface area contributed by atoms with E-state index in [1.807, 2.05) is 52.0 Å². The number of rotatable bonds is 8. The van der Waals surface area contributed by atoms with Gasteiger partial charge in [-0.15, -0.1) is 0 Å². The third-order valence-electron chi connectivity index (χ3n) is 8.65. The van der Waals surface area contributed by atoms with Crippen LogP contribution in [0.15, 0.2) is 24.3 Å². The van der Waals surface area contributed by atoms with Crippen molar-refractivity contribution in [1.82, 2.24) is 19.9 Å². The molecule has 8 bridgehead atoms. The summed E-state index contributed by atoms with van der Waals surface area (Å²) in [5, 5.41) is 40.5. The predicted molar refractivity (Wildman–Crippen MR) is 170 cm³/mol. The summed E-state index contributed by atoms with van der Waals surface area (Å²) in [7, 11) is 0. The molecule has 0 saturated carbocycles. The topological polar surface area (TPSA) is 172 Å². The zero-order chi connectivity index (χ0) is 32.0. The molecule has 5 heterocycles. The molecule has 0 amide bonds. The molecule has 2 aliphatic rings. The maximum absolute atomic E-state index is 11.6. The van der Waals surface area contributed by atoms with E-state index in [9.17, 15) is 30.0 Å². The van der Waals surface area contributed by atoms with Crippen LogP contribution < -0.4 is 0 Å². The molecule has 0 fully saturated rings. The van der Waals surface area contributed by atoms with Crippen molar-refractivity contribution in [3.8, 4) is 0 Å². The van der Waals surface area contributed by atoms with Crippen LogP contribution in [0.2, 0.25) is 0 Å². The van der Waals surface area contributed by atoms with Gasteiger partial charge in [0.15, 0.2) is 0 Å². The summed E-state index contributed by atoms with van der Waals surface area (Å²) in [6.07, 6.45) is -1.18. The summed E-state index contributed by atoms with van der Waals surface area (Å²) in [4.78, 5) is 39.8. The number of H-pyrrole nitrogens is 2. The number of nitrogens with one attached hydrogen (secondary N) is 2. The Hall–Kier alpha value is -3.85. The van der Waals surface area contributed by atoms with Crippen molar-refractivity contribution < 1.29 is 51.1 Å². The molecule has 10 nitrogen and oxygen atoms in total. The van der Waals surface area contributed by atoms with Gasteiger partial charge in [-0.3, -0.25) is 9.59 Å². The average molecular weight is 794 g/mol. The van der Waals surface area contributed by atoms with Gasteiger partial charge >= 0.3 is 11.9 Å². The summed E-state index contributed by atoms with van der Waals surface area (Å²) in [5.41, 5.74) is 11.7. The van der Waals surface area contributed by atoms with E-state index < -0.39 is 24.1 Å². The zero-order valence-corrected chi connectivity index (χ0v) is 28.4. The van der Waals surface area contributed by atoms with E-state index in [4.69, 9.17) is 9.97 Å². The number of aryl methyl sites for hydroxylation is 2. The Kier molecular flexibility index (Phi) is 10.0. The number of aromatic amines is 2. The fourth-order valence-electron chi connectivity index (χ4n) is 6.32.